The Bertz CT molecular complexity index is 1420. The highest BCUT2D eigenvalue weighted by Gasteiger charge is 2.25. The number of rotatable bonds is 7. The van der Waals surface area contributed by atoms with E-state index in [-0.39, 0.29) is 18.3 Å². The maximum atomic E-state index is 14.2. The first-order valence-corrected chi connectivity index (χ1v) is 11.6. The number of nitrogens with two attached hydrogens (primary N) is 1. The molecule has 0 bridgehead atoms. The highest BCUT2D eigenvalue weighted by Crippen LogP contribution is 2.33. The van der Waals surface area contributed by atoms with Gasteiger partial charge in [-0.2, -0.15) is 4.98 Å². The summed E-state index contributed by atoms with van der Waals surface area (Å²) in [6.07, 6.45) is -2.85. The summed E-state index contributed by atoms with van der Waals surface area (Å²) in [6, 6.07) is 13.7. The van der Waals surface area contributed by atoms with Crippen LogP contribution in [-0.2, 0) is 9.53 Å². The van der Waals surface area contributed by atoms with Gasteiger partial charge in [-0.25, -0.2) is 18.7 Å². The van der Waals surface area contributed by atoms with Gasteiger partial charge in [-0.05, 0) is 24.3 Å². The molecule has 3 N–H and O–H groups in total. The largest absolute Gasteiger partial charge is 0.494 e. The Hall–Kier alpha value is -4.16. The molecule has 0 radical (unpaired) electrons. The average molecular weight is 510 g/mol. The molecule has 12 heteroatoms. The average Bonchev–Trinajstić information content (AvgIpc) is 3.34. The standard InChI is InChI=1S/C25H25F2N7O3/c1-36-19-4-2-3-18-22(19)32-24(23(26)27)34(18)20-13-17(30-25(31-20)33-9-11-37-12-10-33)15-5-7-16(8-6-15)29-21(35)14-28/h2-8,13,23H,9-12,14,28H2,1H3,(H,29,35). The second-order valence-electron chi connectivity index (χ2n) is 8.27. The predicted molar refractivity (Wildman–Crippen MR) is 134 cm³/mol. The zero-order valence-corrected chi connectivity index (χ0v) is 20.0. The molecule has 37 heavy (non-hydrogen) atoms. The number of hydrogen-bond acceptors (Lipinski definition) is 8. The van der Waals surface area contributed by atoms with Gasteiger partial charge in [0.05, 0.1) is 38.1 Å². The fraction of sp³-hybridized carbons (Fsp3) is 0.280. The number of hydrogen-bond donors (Lipinski definition) is 2. The first-order chi connectivity index (χ1) is 18.0. The van der Waals surface area contributed by atoms with E-state index in [4.69, 9.17) is 20.2 Å². The number of amides is 1. The fourth-order valence-corrected chi connectivity index (χ4v) is 4.17. The third-order valence-corrected chi connectivity index (χ3v) is 5.96. The van der Waals surface area contributed by atoms with Crippen molar-refractivity contribution in [3.8, 4) is 22.8 Å². The van der Waals surface area contributed by atoms with Gasteiger partial charge in [0, 0.05) is 30.4 Å². The monoisotopic (exact) mass is 509 g/mol. The summed E-state index contributed by atoms with van der Waals surface area (Å²) in [7, 11) is 1.47. The molecule has 2 aromatic heterocycles. The van der Waals surface area contributed by atoms with Crippen molar-refractivity contribution < 1.29 is 23.0 Å². The topological polar surface area (TPSA) is 120 Å². The van der Waals surface area contributed by atoms with Crippen molar-refractivity contribution in [2.75, 3.05) is 50.2 Å². The van der Waals surface area contributed by atoms with E-state index in [1.54, 1.807) is 48.5 Å². The normalized spacial score (nSPS) is 13.8. The second-order valence-corrected chi connectivity index (χ2v) is 8.27. The Morgan fingerprint density at radius 1 is 1.14 bits per heavy atom. The molecule has 1 aliphatic rings. The first kappa shape index (κ1) is 24.5. The van der Waals surface area contributed by atoms with E-state index in [9.17, 15) is 13.6 Å². The van der Waals surface area contributed by atoms with Crippen LogP contribution >= 0.6 is 0 Å². The van der Waals surface area contributed by atoms with Gasteiger partial charge in [0.25, 0.3) is 6.43 Å². The molecule has 5 rings (SSSR count). The zero-order valence-electron chi connectivity index (χ0n) is 20.0. The number of ether oxygens (including phenoxy) is 2. The van der Waals surface area contributed by atoms with E-state index in [0.29, 0.717) is 66.0 Å². The van der Waals surface area contributed by atoms with E-state index in [1.807, 2.05) is 4.90 Å². The molecule has 192 valence electrons. The number of nitrogens with one attached hydrogen (secondary N) is 1. The van der Waals surface area contributed by atoms with Gasteiger partial charge in [-0.15, -0.1) is 0 Å². The van der Waals surface area contributed by atoms with Crippen LogP contribution in [0, 0.1) is 0 Å². The summed E-state index contributed by atoms with van der Waals surface area (Å²) in [5.41, 5.74) is 7.93. The molecule has 1 saturated heterocycles. The third-order valence-electron chi connectivity index (χ3n) is 5.96. The van der Waals surface area contributed by atoms with Crippen LogP contribution in [-0.4, -0.2) is 65.4 Å². The Labute approximate surface area is 211 Å². The minimum atomic E-state index is -2.85. The Balaban J connectivity index is 1.67. The second kappa shape index (κ2) is 10.4. The number of methoxy groups -OCH3 is 1. The lowest BCUT2D eigenvalue weighted by Crippen LogP contribution is -2.37. The van der Waals surface area contributed by atoms with Gasteiger partial charge in [0.1, 0.15) is 17.1 Å². The van der Waals surface area contributed by atoms with Gasteiger partial charge in [-0.3, -0.25) is 9.36 Å². The van der Waals surface area contributed by atoms with E-state index in [0.717, 1.165) is 0 Å². The molecule has 10 nitrogen and oxygen atoms in total. The number of benzene rings is 2. The van der Waals surface area contributed by atoms with E-state index in [1.165, 1.54) is 11.7 Å². The fourth-order valence-electron chi connectivity index (χ4n) is 4.17. The molecule has 1 aliphatic heterocycles. The number of aromatic nitrogens is 4. The van der Waals surface area contributed by atoms with E-state index in [2.05, 4.69) is 15.3 Å². The molecule has 1 fully saturated rings. The lowest BCUT2D eigenvalue weighted by atomic mass is 10.1. The van der Waals surface area contributed by atoms with Gasteiger partial charge in [-0.1, -0.05) is 18.2 Å². The van der Waals surface area contributed by atoms with Crippen molar-refractivity contribution in [3.05, 3.63) is 54.4 Å². The molecule has 2 aromatic carbocycles. The van der Waals surface area contributed by atoms with Crippen LogP contribution < -0.4 is 20.7 Å². The van der Waals surface area contributed by atoms with Gasteiger partial charge < -0.3 is 25.4 Å². The summed E-state index contributed by atoms with van der Waals surface area (Å²) in [6.45, 7) is 2.01. The maximum absolute atomic E-state index is 14.2. The van der Waals surface area contributed by atoms with E-state index < -0.39 is 12.2 Å². The number of imidazole rings is 1. The zero-order chi connectivity index (χ0) is 25.9. The number of carbonyl (C=O) groups is 1. The minimum Gasteiger partial charge on any atom is -0.494 e. The minimum absolute atomic E-state index is 0.129. The summed E-state index contributed by atoms with van der Waals surface area (Å²) < 4.78 is 40.6. The molecular weight excluding hydrogens is 484 g/mol. The number of anilines is 2. The van der Waals surface area contributed by atoms with Gasteiger partial charge in [0.15, 0.2) is 5.82 Å². The summed E-state index contributed by atoms with van der Waals surface area (Å²) in [5, 5.41) is 2.69. The third kappa shape index (κ3) is 4.93. The Kier molecular flexibility index (Phi) is 6.93. The summed E-state index contributed by atoms with van der Waals surface area (Å²) >= 11 is 0. The molecule has 4 aromatic rings. The number of nitrogens with zero attached hydrogens (tertiary/aromatic N) is 5. The van der Waals surface area contributed by atoms with Crippen molar-refractivity contribution in [2.45, 2.75) is 6.43 Å². The maximum Gasteiger partial charge on any atom is 0.296 e. The number of morpholine rings is 1. The number of fused-ring (bicyclic) bond motifs is 1. The van der Waals surface area contributed by atoms with Crippen LogP contribution in [0.4, 0.5) is 20.4 Å². The molecule has 1 amide bonds. The molecule has 0 aliphatic carbocycles. The predicted octanol–water partition coefficient (Wildman–Crippen LogP) is 3.16. The smallest absolute Gasteiger partial charge is 0.296 e. The van der Waals surface area contributed by atoms with Crippen LogP contribution in [0.15, 0.2) is 48.5 Å². The van der Waals surface area contributed by atoms with Crippen LogP contribution in [0.1, 0.15) is 12.2 Å². The number of alkyl halides is 2. The SMILES string of the molecule is COc1cccc2c1nc(C(F)F)n2-c1cc(-c2ccc(NC(=O)CN)cc2)nc(N2CCOCC2)n1. The lowest BCUT2D eigenvalue weighted by Gasteiger charge is -2.27. The highest BCUT2D eigenvalue weighted by atomic mass is 19.3. The quantitative estimate of drug-likeness (QED) is 0.390. The molecule has 3 heterocycles. The Morgan fingerprint density at radius 3 is 2.57 bits per heavy atom. The molecule has 0 unspecified atom stereocenters. The Morgan fingerprint density at radius 2 is 1.89 bits per heavy atom. The van der Waals surface area contributed by atoms with E-state index >= 15 is 0 Å². The lowest BCUT2D eigenvalue weighted by molar-refractivity contribution is -0.114. The summed E-state index contributed by atoms with van der Waals surface area (Å²) in [5.74, 6) is 0.265. The van der Waals surface area contributed by atoms with Crippen molar-refractivity contribution in [1.29, 1.82) is 0 Å². The van der Waals surface area contributed by atoms with Gasteiger partial charge in [0.2, 0.25) is 11.9 Å². The highest BCUT2D eigenvalue weighted by molar-refractivity contribution is 5.92. The molecule has 0 spiro atoms. The molecule has 0 saturated carbocycles. The summed E-state index contributed by atoms with van der Waals surface area (Å²) in [4.78, 5) is 27.2. The van der Waals surface area contributed by atoms with Crippen LogP contribution in [0.5, 0.6) is 5.75 Å². The van der Waals surface area contributed by atoms with Crippen molar-refractivity contribution in [3.63, 3.8) is 0 Å². The number of carbonyl (C=O) groups excluding carboxylic acids is 1. The van der Waals surface area contributed by atoms with Crippen molar-refractivity contribution >= 4 is 28.6 Å². The van der Waals surface area contributed by atoms with Crippen molar-refractivity contribution in [1.82, 2.24) is 19.5 Å². The van der Waals surface area contributed by atoms with Crippen molar-refractivity contribution in [2.24, 2.45) is 5.73 Å². The first-order valence-electron chi connectivity index (χ1n) is 11.6. The molecular formula is C25H25F2N7O3. The van der Waals surface area contributed by atoms with Crippen LogP contribution in [0.3, 0.4) is 0 Å². The van der Waals surface area contributed by atoms with Gasteiger partial charge >= 0.3 is 0 Å². The number of halogens is 2. The van der Waals surface area contributed by atoms with Crippen LogP contribution in [0.2, 0.25) is 0 Å². The molecule has 0 atom stereocenters. The number of para-hydroxylation sites is 1. The van der Waals surface area contributed by atoms with Crippen LogP contribution in [0.25, 0.3) is 28.1 Å².